The Kier molecular flexibility index (Phi) is 1.88. The Morgan fingerprint density at radius 1 is 1.89 bits per heavy atom. The van der Waals surface area contributed by atoms with Gasteiger partial charge in [-0.05, 0) is 6.42 Å². The first-order chi connectivity index (χ1) is 4.34. The molecule has 1 rings (SSSR count). The number of hydrogen-bond acceptors (Lipinski definition) is 0. The van der Waals surface area contributed by atoms with Crippen LogP contribution in [0.2, 0.25) is 0 Å². The molecule has 0 aromatic carbocycles. The summed E-state index contributed by atoms with van der Waals surface area (Å²) < 4.78 is 2.09. The number of nitrogens with one attached hydrogen (secondary N) is 1. The van der Waals surface area contributed by atoms with Crippen molar-refractivity contribution in [2.75, 3.05) is 13.1 Å². The molecule has 1 aliphatic rings. The van der Waals surface area contributed by atoms with Crippen LogP contribution >= 0.6 is 0 Å². The predicted octanol–water partition coefficient (Wildman–Crippen LogP) is 0.554. The van der Waals surface area contributed by atoms with Crippen LogP contribution in [0.4, 0.5) is 0 Å². The summed E-state index contributed by atoms with van der Waals surface area (Å²) in [5.41, 5.74) is 1.21. The normalized spacial score (nSPS) is 20.6. The molecule has 0 aromatic heterocycles. The van der Waals surface area contributed by atoms with Gasteiger partial charge in [0.25, 0.3) is 0 Å². The van der Waals surface area contributed by atoms with E-state index in [1.165, 1.54) is 12.1 Å². The Bertz CT molecular complexity index is 147. The van der Waals surface area contributed by atoms with E-state index in [0.29, 0.717) is 0 Å². The summed E-state index contributed by atoms with van der Waals surface area (Å²) >= 11 is 0. The van der Waals surface area contributed by atoms with Crippen molar-refractivity contribution in [2.45, 2.75) is 13.3 Å². The van der Waals surface area contributed by atoms with Crippen molar-refractivity contribution in [3.05, 3.63) is 12.3 Å². The SMILES string of the molecule is C=C1C[N+]1=CNCCC. The summed E-state index contributed by atoms with van der Waals surface area (Å²) in [6, 6.07) is 0. The van der Waals surface area contributed by atoms with Crippen LogP contribution in [0.15, 0.2) is 12.3 Å². The fourth-order valence-corrected chi connectivity index (χ4v) is 0.617. The second-order valence-electron chi connectivity index (χ2n) is 2.28. The highest BCUT2D eigenvalue weighted by Crippen LogP contribution is 2.07. The molecule has 2 heteroatoms. The number of hydrogen-bond donors (Lipinski definition) is 1. The highest BCUT2D eigenvalue weighted by atomic mass is 15.2. The van der Waals surface area contributed by atoms with E-state index in [1.54, 1.807) is 0 Å². The quantitative estimate of drug-likeness (QED) is 0.252. The van der Waals surface area contributed by atoms with E-state index < -0.39 is 0 Å². The van der Waals surface area contributed by atoms with Crippen LogP contribution in [0, 0.1) is 0 Å². The molecule has 0 radical (unpaired) electrons. The average molecular weight is 125 g/mol. The van der Waals surface area contributed by atoms with Crippen molar-refractivity contribution < 1.29 is 4.58 Å². The van der Waals surface area contributed by atoms with Gasteiger partial charge in [-0.3, -0.25) is 5.32 Å². The molecule has 0 atom stereocenters. The minimum atomic E-state index is 1.04. The van der Waals surface area contributed by atoms with E-state index in [-0.39, 0.29) is 0 Å². The third-order valence-corrected chi connectivity index (χ3v) is 1.30. The van der Waals surface area contributed by atoms with Crippen LogP contribution in [0.5, 0.6) is 0 Å². The van der Waals surface area contributed by atoms with Gasteiger partial charge in [0.1, 0.15) is 5.70 Å². The molecule has 1 N–H and O–H groups in total. The molecule has 50 valence electrons. The number of rotatable bonds is 3. The first-order valence-electron chi connectivity index (χ1n) is 3.35. The van der Waals surface area contributed by atoms with Gasteiger partial charge in [-0.25, -0.2) is 4.58 Å². The molecule has 0 aliphatic carbocycles. The molecule has 0 spiro atoms. The Labute approximate surface area is 55.9 Å². The maximum Gasteiger partial charge on any atom is 0.237 e. The first kappa shape index (κ1) is 6.33. The third-order valence-electron chi connectivity index (χ3n) is 1.30. The van der Waals surface area contributed by atoms with Gasteiger partial charge < -0.3 is 0 Å². The molecule has 9 heavy (non-hydrogen) atoms. The molecule has 1 saturated heterocycles. The van der Waals surface area contributed by atoms with Gasteiger partial charge in [0.05, 0.1) is 6.54 Å². The smallest absolute Gasteiger partial charge is 0.237 e. The van der Waals surface area contributed by atoms with Crippen molar-refractivity contribution in [1.29, 1.82) is 0 Å². The molecule has 0 saturated carbocycles. The molecule has 0 bridgehead atoms. The van der Waals surface area contributed by atoms with Crippen molar-refractivity contribution >= 4 is 6.34 Å². The molecular weight excluding hydrogens is 112 g/mol. The van der Waals surface area contributed by atoms with Gasteiger partial charge in [0.2, 0.25) is 6.34 Å². The van der Waals surface area contributed by atoms with Crippen LogP contribution < -0.4 is 5.32 Å². The highest BCUT2D eigenvalue weighted by Gasteiger charge is 2.22. The van der Waals surface area contributed by atoms with E-state index in [0.717, 1.165) is 13.1 Å². The van der Waals surface area contributed by atoms with Crippen LogP contribution in [0.3, 0.4) is 0 Å². The van der Waals surface area contributed by atoms with Crippen molar-refractivity contribution in [1.82, 2.24) is 5.32 Å². The second-order valence-corrected chi connectivity index (χ2v) is 2.28. The lowest BCUT2D eigenvalue weighted by atomic mass is 10.5. The molecular formula is C7H13N2+. The van der Waals surface area contributed by atoms with E-state index in [4.69, 9.17) is 0 Å². The average Bonchev–Trinajstić information content (AvgIpc) is 2.48. The van der Waals surface area contributed by atoms with Crippen molar-refractivity contribution in [2.24, 2.45) is 0 Å². The summed E-state index contributed by atoms with van der Waals surface area (Å²) in [4.78, 5) is 0. The Morgan fingerprint density at radius 3 is 3.00 bits per heavy atom. The Morgan fingerprint density at radius 2 is 2.56 bits per heavy atom. The summed E-state index contributed by atoms with van der Waals surface area (Å²) in [6.45, 7) is 8.03. The zero-order valence-electron chi connectivity index (χ0n) is 5.85. The number of nitrogens with zero attached hydrogens (tertiary/aromatic N) is 1. The van der Waals surface area contributed by atoms with Crippen LogP contribution in [-0.4, -0.2) is 24.0 Å². The first-order valence-corrected chi connectivity index (χ1v) is 3.35. The minimum Gasteiger partial charge on any atom is -0.281 e. The second kappa shape index (κ2) is 2.67. The summed E-state index contributed by atoms with van der Waals surface area (Å²) in [7, 11) is 0. The largest absolute Gasteiger partial charge is 0.281 e. The predicted molar refractivity (Wildman–Crippen MR) is 38.6 cm³/mol. The molecule has 2 nitrogen and oxygen atoms in total. The van der Waals surface area contributed by atoms with Gasteiger partial charge >= 0.3 is 0 Å². The molecule has 1 aliphatic heterocycles. The fraction of sp³-hybridized carbons (Fsp3) is 0.571. The van der Waals surface area contributed by atoms with Crippen molar-refractivity contribution in [3.8, 4) is 0 Å². The van der Waals surface area contributed by atoms with Gasteiger partial charge in [0.15, 0.2) is 6.54 Å². The van der Waals surface area contributed by atoms with Crippen LogP contribution in [0.25, 0.3) is 0 Å². The Hall–Kier alpha value is -0.790. The molecule has 1 fully saturated rings. The zero-order chi connectivity index (χ0) is 6.69. The summed E-state index contributed by atoms with van der Waals surface area (Å²) in [5, 5.41) is 3.17. The standard InChI is InChI=1S/C7H12N2/c1-3-4-8-6-9-5-7(9)2/h6H,2-5H2,1H3/p+1. The molecule has 0 amide bonds. The van der Waals surface area contributed by atoms with Crippen molar-refractivity contribution in [3.63, 3.8) is 0 Å². The lowest BCUT2D eigenvalue weighted by Gasteiger charge is -1.83. The van der Waals surface area contributed by atoms with Gasteiger partial charge in [-0.2, -0.15) is 0 Å². The lowest BCUT2D eigenvalue weighted by Crippen LogP contribution is -2.14. The van der Waals surface area contributed by atoms with E-state index in [2.05, 4.69) is 23.4 Å². The lowest BCUT2D eigenvalue weighted by molar-refractivity contribution is -0.305. The highest BCUT2D eigenvalue weighted by molar-refractivity contribution is 5.50. The molecule has 0 unspecified atom stereocenters. The van der Waals surface area contributed by atoms with Crippen LogP contribution in [0.1, 0.15) is 13.3 Å². The van der Waals surface area contributed by atoms with E-state index in [9.17, 15) is 0 Å². The third kappa shape index (κ3) is 1.88. The maximum atomic E-state index is 3.78. The Balaban J connectivity index is 2.11. The zero-order valence-corrected chi connectivity index (χ0v) is 5.85. The molecule has 0 aromatic rings. The fourth-order valence-electron chi connectivity index (χ4n) is 0.617. The van der Waals surface area contributed by atoms with Crippen LogP contribution in [-0.2, 0) is 0 Å². The van der Waals surface area contributed by atoms with Gasteiger partial charge in [0, 0.05) is 0 Å². The monoisotopic (exact) mass is 125 g/mol. The van der Waals surface area contributed by atoms with E-state index in [1.807, 2.05) is 6.34 Å². The van der Waals surface area contributed by atoms with Gasteiger partial charge in [-0.15, -0.1) is 0 Å². The van der Waals surface area contributed by atoms with E-state index >= 15 is 0 Å². The molecule has 1 heterocycles. The van der Waals surface area contributed by atoms with Gasteiger partial charge in [-0.1, -0.05) is 13.5 Å². The summed E-state index contributed by atoms with van der Waals surface area (Å²) in [5.74, 6) is 0. The minimum absolute atomic E-state index is 1.04. The maximum absolute atomic E-state index is 3.78. The topological polar surface area (TPSA) is 15.0 Å². The summed E-state index contributed by atoms with van der Waals surface area (Å²) in [6.07, 6.45) is 3.17.